The molecule has 1 aliphatic rings. The lowest BCUT2D eigenvalue weighted by Gasteiger charge is -2.34. The molecule has 0 spiro atoms. The summed E-state index contributed by atoms with van der Waals surface area (Å²) in [5.74, 6) is -0.575. The molecule has 3 N–H and O–H groups in total. The predicted octanol–water partition coefficient (Wildman–Crippen LogP) is 0.708. The minimum Gasteiger partial charge on any atom is -0.396 e. The van der Waals surface area contributed by atoms with Gasteiger partial charge in [0.2, 0.25) is 5.91 Å². The number of aliphatic hydroxyl groups is 1. The minimum atomic E-state index is -0.590. The van der Waals surface area contributed by atoms with Gasteiger partial charge in [0.05, 0.1) is 17.4 Å². The molecule has 1 aromatic rings. The van der Waals surface area contributed by atoms with E-state index in [1.807, 2.05) is 4.90 Å². The second kappa shape index (κ2) is 6.19. The molecule has 0 aromatic heterocycles. The van der Waals surface area contributed by atoms with Crippen LogP contribution in [0.3, 0.4) is 0 Å². The summed E-state index contributed by atoms with van der Waals surface area (Å²) in [4.78, 5) is 15.4. The van der Waals surface area contributed by atoms with Crippen molar-refractivity contribution in [2.75, 3.05) is 36.5 Å². The molecule has 0 bridgehead atoms. The van der Waals surface area contributed by atoms with Crippen molar-refractivity contribution >= 4 is 17.3 Å². The Morgan fingerprint density at radius 3 is 2.95 bits per heavy atom. The zero-order chi connectivity index (χ0) is 14.7. The second-order valence-corrected chi connectivity index (χ2v) is 4.96. The SMILES string of the molecule is CN1C(=O)[C@@H](N)CCN(CCCO)c2c(F)cccc21. The van der Waals surface area contributed by atoms with Gasteiger partial charge in [0.15, 0.2) is 0 Å². The first-order valence-corrected chi connectivity index (χ1v) is 6.73. The fourth-order valence-corrected chi connectivity index (χ4v) is 2.47. The number of anilines is 2. The molecule has 1 aromatic carbocycles. The fraction of sp³-hybridized carbons (Fsp3) is 0.500. The quantitative estimate of drug-likeness (QED) is 0.856. The molecular formula is C14H20FN3O2. The highest BCUT2D eigenvalue weighted by Crippen LogP contribution is 2.33. The molecule has 6 heteroatoms. The molecule has 0 radical (unpaired) electrons. The highest BCUT2D eigenvalue weighted by Gasteiger charge is 2.28. The standard InChI is InChI=1S/C14H20FN3O2/c1-17-12-5-2-4-10(15)13(12)18(7-3-9-19)8-6-11(16)14(17)20/h2,4-5,11,19H,3,6-9,16H2,1H3/t11-/m0/s1. The van der Waals surface area contributed by atoms with E-state index in [9.17, 15) is 9.18 Å². The van der Waals surface area contributed by atoms with Crippen LogP contribution in [-0.2, 0) is 4.79 Å². The Balaban J connectivity index is 2.45. The number of nitrogens with zero attached hydrogens (tertiary/aromatic N) is 2. The van der Waals surface area contributed by atoms with Gasteiger partial charge in [0, 0.05) is 26.7 Å². The Kier molecular flexibility index (Phi) is 4.57. The van der Waals surface area contributed by atoms with Crippen molar-refractivity contribution in [3.8, 4) is 0 Å². The lowest BCUT2D eigenvalue weighted by atomic mass is 10.1. The first-order valence-electron chi connectivity index (χ1n) is 6.73. The number of para-hydroxylation sites is 1. The van der Waals surface area contributed by atoms with Gasteiger partial charge in [-0.15, -0.1) is 0 Å². The highest BCUT2D eigenvalue weighted by molar-refractivity contribution is 6.00. The molecule has 1 atom stereocenters. The van der Waals surface area contributed by atoms with E-state index in [1.165, 1.54) is 11.0 Å². The Bertz CT molecular complexity index is 495. The smallest absolute Gasteiger partial charge is 0.243 e. The molecule has 0 fully saturated rings. The van der Waals surface area contributed by atoms with Crippen molar-refractivity contribution in [2.45, 2.75) is 18.9 Å². The fourth-order valence-electron chi connectivity index (χ4n) is 2.47. The molecule has 5 nitrogen and oxygen atoms in total. The normalized spacial score (nSPS) is 19.6. The van der Waals surface area contributed by atoms with E-state index in [0.717, 1.165) is 0 Å². The van der Waals surface area contributed by atoms with Crippen LogP contribution in [0, 0.1) is 5.82 Å². The first-order chi connectivity index (χ1) is 9.56. The van der Waals surface area contributed by atoms with Gasteiger partial charge < -0.3 is 20.6 Å². The van der Waals surface area contributed by atoms with E-state index in [2.05, 4.69) is 0 Å². The first kappa shape index (κ1) is 14.7. The molecular weight excluding hydrogens is 261 g/mol. The lowest BCUT2D eigenvalue weighted by Crippen LogP contribution is -2.47. The molecule has 2 rings (SSSR count). The van der Waals surface area contributed by atoms with Crippen LogP contribution >= 0.6 is 0 Å². The van der Waals surface area contributed by atoms with Crippen LogP contribution in [0.25, 0.3) is 0 Å². The van der Waals surface area contributed by atoms with Gasteiger partial charge in [0.1, 0.15) is 5.82 Å². The van der Waals surface area contributed by atoms with Crippen LogP contribution in [0.4, 0.5) is 15.8 Å². The van der Waals surface area contributed by atoms with E-state index in [0.29, 0.717) is 37.3 Å². The summed E-state index contributed by atoms with van der Waals surface area (Å²) < 4.78 is 14.2. The maximum Gasteiger partial charge on any atom is 0.243 e. The molecule has 1 amide bonds. The number of likely N-dealkylation sites (N-methyl/N-ethyl adjacent to an activating group) is 1. The van der Waals surface area contributed by atoms with E-state index in [1.54, 1.807) is 19.2 Å². The van der Waals surface area contributed by atoms with Crippen LogP contribution in [0.15, 0.2) is 18.2 Å². The van der Waals surface area contributed by atoms with Gasteiger partial charge in [-0.2, -0.15) is 0 Å². The average molecular weight is 281 g/mol. The maximum absolute atomic E-state index is 14.2. The second-order valence-electron chi connectivity index (χ2n) is 4.96. The zero-order valence-electron chi connectivity index (χ0n) is 11.6. The van der Waals surface area contributed by atoms with Crippen LogP contribution in [-0.4, -0.2) is 43.8 Å². The van der Waals surface area contributed by atoms with Gasteiger partial charge in [0.25, 0.3) is 0 Å². The Labute approximate surface area is 117 Å². The minimum absolute atomic E-state index is 0.0428. The van der Waals surface area contributed by atoms with Crippen molar-refractivity contribution in [1.29, 1.82) is 0 Å². The molecule has 110 valence electrons. The van der Waals surface area contributed by atoms with Crippen LogP contribution < -0.4 is 15.5 Å². The lowest BCUT2D eigenvalue weighted by molar-refractivity contribution is -0.119. The number of rotatable bonds is 3. The molecule has 20 heavy (non-hydrogen) atoms. The van der Waals surface area contributed by atoms with Gasteiger partial charge in [-0.05, 0) is 25.0 Å². The van der Waals surface area contributed by atoms with E-state index >= 15 is 0 Å². The number of carbonyl (C=O) groups excluding carboxylic acids is 1. The summed E-state index contributed by atoms with van der Waals surface area (Å²) in [6, 6.07) is 4.08. The van der Waals surface area contributed by atoms with Gasteiger partial charge >= 0.3 is 0 Å². The molecule has 1 aliphatic heterocycles. The Morgan fingerprint density at radius 1 is 1.50 bits per heavy atom. The molecule has 1 heterocycles. The van der Waals surface area contributed by atoms with Crippen molar-refractivity contribution in [1.82, 2.24) is 0 Å². The topological polar surface area (TPSA) is 69.8 Å². The Morgan fingerprint density at radius 2 is 2.25 bits per heavy atom. The molecule has 0 saturated carbocycles. The van der Waals surface area contributed by atoms with E-state index in [4.69, 9.17) is 10.8 Å². The van der Waals surface area contributed by atoms with Gasteiger partial charge in [-0.25, -0.2) is 4.39 Å². The van der Waals surface area contributed by atoms with Crippen molar-refractivity contribution < 1.29 is 14.3 Å². The largest absolute Gasteiger partial charge is 0.396 e. The number of aliphatic hydroxyl groups excluding tert-OH is 1. The number of hydrogen-bond donors (Lipinski definition) is 2. The number of carbonyl (C=O) groups is 1. The van der Waals surface area contributed by atoms with E-state index < -0.39 is 6.04 Å². The number of amides is 1. The summed E-state index contributed by atoms with van der Waals surface area (Å²) in [6.07, 6.45) is 1.00. The molecule has 0 saturated heterocycles. The number of fused-ring (bicyclic) bond motifs is 1. The zero-order valence-corrected chi connectivity index (χ0v) is 11.6. The van der Waals surface area contributed by atoms with Crippen molar-refractivity contribution in [3.63, 3.8) is 0 Å². The number of benzene rings is 1. The average Bonchev–Trinajstić information content (AvgIpc) is 2.45. The van der Waals surface area contributed by atoms with Crippen LogP contribution in [0.5, 0.6) is 0 Å². The molecule has 0 unspecified atom stereocenters. The third kappa shape index (κ3) is 2.76. The van der Waals surface area contributed by atoms with Crippen molar-refractivity contribution in [2.24, 2.45) is 5.73 Å². The third-order valence-corrected chi connectivity index (χ3v) is 3.59. The summed E-state index contributed by atoms with van der Waals surface area (Å²) in [5.41, 5.74) is 6.79. The van der Waals surface area contributed by atoms with Crippen molar-refractivity contribution in [3.05, 3.63) is 24.0 Å². The maximum atomic E-state index is 14.2. The number of halogens is 1. The summed E-state index contributed by atoms with van der Waals surface area (Å²) in [6.45, 7) is 1.06. The summed E-state index contributed by atoms with van der Waals surface area (Å²) in [5, 5.41) is 8.98. The Hall–Kier alpha value is -1.66. The monoisotopic (exact) mass is 281 g/mol. The summed E-state index contributed by atoms with van der Waals surface area (Å²) in [7, 11) is 1.61. The van der Waals surface area contributed by atoms with Gasteiger partial charge in [-0.3, -0.25) is 4.79 Å². The third-order valence-electron chi connectivity index (χ3n) is 3.59. The number of nitrogens with two attached hydrogens (primary N) is 1. The van der Waals surface area contributed by atoms with Crippen LogP contribution in [0.1, 0.15) is 12.8 Å². The highest BCUT2D eigenvalue weighted by atomic mass is 19.1. The molecule has 0 aliphatic carbocycles. The predicted molar refractivity (Wildman–Crippen MR) is 76.3 cm³/mol. The number of hydrogen-bond acceptors (Lipinski definition) is 4. The van der Waals surface area contributed by atoms with Gasteiger partial charge in [-0.1, -0.05) is 6.07 Å². The van der Waals surface area contributed by atoms with Crippen LogP contribution in [0.2, 0.25) is 0 Å². The van der Waals surface area contributed by atoms with E-state index in [-0.39, 0.29) is 18.3 Å². The summed E-state index contributed by atoms with van der Waals surface area (Å²) >= 11 is 0.